The normalized spacial score (nSPS) is 15.6. The van der Waals surface area contributed by atoms with Crippen LogP contribution in [0.15, 0.2) is 76.2 Å². The molecule has 1 fully saturated rings. The minimum absolute atomic E-state index is 0.169. The number of rotatable bonds is 7. The van der Waals surface area contributed by atoms with Gasteiger partial charge in [-0.1, -0.05) is 18.2 Å². The van der Waals surface area contributed by atoms with Crippen molar-refractivity contribution < 1.29 is 18.9 Å². The number of aryl methyl sites for hydroxylation is 4. The van der Waals surface area contributed by atoms with Gasteiger partial charge in [-0.2, -0.15) is 9.84 Å². The summed E-state index contributed by atoms with van der Waals surface area (Å²) in [5.74, 6) is 0.0539. The van der Waals surface area contributed by atoms with Gasteiger partial charge in [0.2, 0.25) is 0 Å². The first kappa shape index (κ1) is 29.0. The van der Waals surface area contributed by atoms with Gasteiger partial charge < -0.3 is 20.1 Å². The number of anilines is 3. The zero-order valence-corrected chi connectivity index (χ0v) is 25.7. The Morgan fingerprint density at radius 2 is 1.70 bits per heavy atom. The van der Waals surface area contributed by atoms with E-state index < -0.39 is 5.91 Å². The zero-order valence-electron chi connectivity index (χ0n) is 25.7. The number of pyridine rings is 1. The van der Waals surface area contributed by atoms with Gasteiger partial charge in [-0.25, -0.2) is 4.98 Å². The van der Waals surface area contributed by atoms with E-state index in [-0.39, 0.29) is 35.0 Å². The standard InChI is InChI=1S/C34H31N7O5/c1-18-16-25-28(29(35-18)32(43)36-23-7-5-6-22(17-23)31(42)37-26-14-15-39(3)38-26)30(21-8-9-21)41(33(25)44)24-12-10-20(11-13-24)27-19(2)46-40(4)34(27)45/h5-7,10-17,21,30H,8-9H2,1-4H3,(H,36,43)(H,37,38,42)/t30-/m1/s1. The van der Waals surface area contributed by atoms with Gasteiger partial charge in [-0.05, 0) is 74.6 Å². The molecule has 3 aromatic heterocycles. The van der Waals surface area contributed by atoms with Crippen molar-refractivity contribution in [2.45, 2.75) is 32.7 Å². The van der Waals surface area contributed by atoms with Gasteiger partial charge in [0.15, 0.2) is 5.82 Å². The molecule has 0 spiro atoms. The predicted octanol–water partition coefficient (Wildman–Crippen LogP) is 5.01. The third-order valence-corrected chi connectivity index (χ3v) is 8.39. The Morgan fingerprint density at radius 3 is 2.35 bits per heavy atom. The molecule has 2 N–H and O–H groups in total. The number of hydrogen-bond donors (Lipinski definition) is 2. The maximum Gasteiger partial charge on any atom is 0.290 e. The third kappa shape index (κ3) is 5.07. The van der Waals surface area contributed by atoms with Gasteiger partial charge >= 0.3 is 0 Å². The van der Waals surface area contributed by atoms with Crippen LogP contribution in [0.3, 0.4) is 0 Å². The Hall–Kier alpha value is -5.78. The van der Waals surface area contributed by atoms with Crippen molar-refractivity contribution in [2.24, 2.45) is 20.0 Å². The molecule has 0 unspecified atom stereocenters. The fraction of sp³-hybridized carbons (Fsp3) is 0.235. The number of nitrogens with zero attached hydrogens (tertiary/aromatic N) is 5. The summed E-state index contributed by atoms with van der Waals surface area (Å²) in [6, 6.07) is 16.9. The molecular weight excluding hydrogens is 586 g/mol. The van der Waals surface area contributed by atoms with Crippen LogP contribution in [0.25, 0.3) is 11.1 Å². The highest BCUT2D eigenvalue weighted by Crippen LogP contribution is 2.52. The van der Waals surface area contributed by atoms with Crippen molar-refractivity contribution in [1.29, 1.82) is 0 Å². The smallest absolute Gasteiger partial charge is 0.290 e. The van der Waals surface area contributed by atoms with Crippen molar-refractivity contribution >= 4 is 34.9 Å². The first-order valence-electron chi connectivity index (χ1n) is 14.9. The van der Waals surface area contributed by atoms with Crippen LogP contribution in [0.2, 0.25) is 0 Å². The van der Waals surface area contributed by atoms with E-state index in [2.05, 4.69) is 20.7 Å². The minimum atomic E-state index is -0.468. The molecule has 12 heteroatoms. The maximum absolute atomic E-state index is 14.0. The lowest BCUT2D eigenvalue weighted by Gasteiger charge is -2.26. The second-order valence-electron chi connectivity index (χ2n) is 11.8. The van der Waals surface area contributed by atoms with Crippen molar-refractivity contribution in [3.63, 3.8) is 0 Å². The average molecular weight is 618 g/mol. The minimum Gasteiger partial charge on any atom is -0.381 e. The monoisotopic (exact) mass is 617 g/mol. The topological polar surface area (TPSA) is 144 Å². The summed E-state index contributed by atoms with van der Waals surface area (Å²) in [4.78, 5) is 59.7. The molecule has 2 aliphatic rings. The Kier molecular flexibility index (Phi) is 6.92. The molecule has 1 saturated carbocycles. The molecular formula is C34H31N7O5. The summed E-state index contributed by atoms with van der Waals surface area (Å²) in [5.41, 5.74) is 4.12. The van der Waals surface area contributed by atoms with Crippen molar-refractivity contribution in [2.75, 3.05) is 15.5 Å². The lowest BCUT2D eigenvalue weighted by atomic mass is 9.97. The van der Waals surface area contributed by atoms with Gasteiger partial charge in [0.1, 0.15) is 11.5 Å². The highest BCUT2D eigenvalue weighted by Gasteiger charge is 2.48. The molecule has 1 atom stereocenters. The molecule has 3 amide bonds. The summed E-state index contributed by atoms with van der Waals surface area (Å²) in [5, 5.41) is 9.81. The largest absolute Gasteiger partial charge is 0.381 e. The van der Waals surface area contributed by atoms with Gasteiger partial charge in [0.25, 0.3) is 23.3 Å². The van der Waals surface area contributed by atoms with Crippen LogP contribution in [0.4, 0.5) is 17.2 Å². The van der Waals surface area contributed by atoms with Crippen LogP contribution in [0.1, 0.15) is 67.1 Å². The number of hydrogen-bond acceptors (Lipinski definition) is 7. The van der Waals surface area contributed by atoms with Gasteiger partial charge in [0.05, 0.1) is 11.6 Å². The van der Waals surface area contributed by atoms with Crippen molar-refractivity contribution in [1.82, 2.24) is 19.5 Å². The predicted molar refractivity (Wildman–Crippen MR) is 171 cm³/mol. The SMILES string of the molecule is Cc1cc2c(c(C(=O)Nc3cccc(C(=O)Nc4ccn(C)n4)c3)n1)[C@@H](C1CC1)N(c1ccc(-c3c(C)on(C)c3=O)cc1)C2=O. The Balaban J connectivity index is 1.19. The van der Waals surface area contributed by atoms with Crippen molar-refractivity contribution in [3.05, 3.63) is 111 Å². The number of carbonyl (C=O) groups is 3. The first-order chi connectivity index (χ1) is 22.1. The van der Waals surface area contributed by atoms with E-state index >= 15 is 0 Å². The van der Waals surface area contributed by atoms with E-state index in [1.165, 1.54) is 4.74 Å². The molecule has 5 aromatic rings. The lowest BCUT2D eigenvalue weighted by Crippen LogP contribution is -2.29. The average Bonchev–Trinajstić information content (AvgIpc) is 3.65. The lowest BCUT2D eigenvalue weighted by molar-refractivity contribution is 0.0986. The fourth-order valence-electron chi connectivity index (χ4n) is 6.17. The molecule has 7 rings (SSSR count). The van der Waals surface area contributed by atoms with E-state index in [1.807, 2.05) is 24.3 Å². The van der Waals surface area contributed by atoms with E-state index in [0.717, 1.165) is 12.8 Å². The second-order valence-corrected chi connectivity index (χ2v) is 11.8. The van der Waals surface area contributed by atoms with Gasteiger partial charge in [-0.15, -0.1) is 0 Å². The summed E-state index contributed by atoms with van der Waals surface area (Å²) in [6.07, 6.45) is 3.55. The molecule has 4 heterocycles. The van der Waals surface area contributed by atoms with E-state index in [0.29, 0.717) is 56.5 Å². The Morgan fingerprint density at radius 1 is 0.935 bits per heavy atom. The summed E-state index contributed by atoms with van der Waals surface area (Å²) >= 11 is 0. The number of aromatic nitrogens is 4. The number of nitrogens with one attached hydrogen (secondary N) is 2. The first-order valence-corrected chi connectivity index (χ1v) is 14.9. The highest BCUT2D eigenvalue weighted by atomic mass is 16.5. The Labute approximate surface area is 263 Å². The molecule has 0 saturated heterocycles. The van der Waals surface area contributed by atoms with E-state index in [1.54, 1.807) is 80.1 Å². The molecule has 1 aliphatic carbocycles. The van der Waals surface area contributed by atoms with Gasteiger partial charge in [0, 0.05) is 60.1 Å². The number of amides is 3. The molecule has 12 nitrogen and oxygen atoms in total. The van der Waals surface area contributed by atoms with Crippen LogP contribution in [-0.2, 0) is 14.1 Å². The number of benzene rings is 2. The third-order valence-electron chi connectivity index (χ3n) is 8.39. The van der Waals surface area contributed by atoms with Crippen LogP contribution < -0.4 is 21.1 Å². The van der Waals surface area contributed by atoms with Gasteiger partial charge in [-0.3, -0.25) is 23.9 Å². The second kappa shape index (κ2) is 11.0. The number of fused-ring (bicyclic) bond motifs is 1. The molecule has 0 radical (unpaired) electrons. The van der Waals surface area contributed by atoms with Crippen molar-refractivity contribution in [3.8, 4) is 11.1 Å². The summed E-state index contributed by atoms with van der Waals surface area (Å²) in [7, 11) is 3.32. The highest BCUT2D eigenvalue weighted by molar-refractivity contribution is 6.15. The van der Waals surface area contributed by atoms with Crippen LogP contribution in [-0.4, -0.2) is 37.2 Å². The van der Waals surface area contributed by atoms with Crippen LogP contribution >= 0.6 is 0 Å². The quantitative estimate of drug-likeness (QED) is 0.261. The molecule has 46 heavy (non-hydrogen) atoms. The summed E-state index contributed by atoms with van der Waals surface area (Å²) < 4.78 is 8.23. The summed E-state index contributed by atoms with van der Waals surface area (Å²) in [6.45, 7) is 3.49. The number of carbonyl (C=O) groups excluding carboxylic acids is 3. The molecule has 0 bridgehead atoms. The fourth-order valence-corrected chi connectivity index (χ4v) is 6.17. The van der Waals surface area contributed by atoms with E-state index in [4.69, 9.17) is 4.52 Å². The van der Waals surface area contributed by atoms with E-state index in [9.17, 15) is 19.2 Å². The zero-order chi connectivity index (χ0) is 32.3. The van der Waals surface area contributed by atoms with Crippen LogP contribution in [0.5, 0.6) is 0 Å². The Bertz CT molecular complexity index is 2100. The molecule has 232 valence electrons. The molecule has 1 aliphatic heterocycles. The van der Waals surface area contributed by atoms with Crippen LogP contribution in [0, 0.1) is 19.8 Å². The molecule has 2 aromatic carbocycles. The maximum atomic E-state index is 14.0.